The van der Waals surface area contributed by atoms with Crippen molar-refractivity contribution >= 4 is 0 Å². The maximum atomic E-state index is 6.14. The summed E-state index contributed by atoms with van der Waals surface area (Å²) in [5.74, 6) is 0. The SMILES string of the molecule is CCCC[C](N)c1cccc(-c2ccccc2)c1. The molecule has 2 aromatic rings. The van der Waals surface area contributed by atoms with Crippen LogP contribution in [0.1, 0.15) is 31.7 Å². The van der Waals surface area contributed by atoms with E-state index in [1.165, 1.54) is 17.5 Å². The van der Waals surface area contributed by atoms with Crippen molar-refractivity contribution in [1.82, 2.24) is 0 Å². The summed E-state index contributed by atoms with van der Waals surface area (Å²) in [5.41, 5.74) is 9.77. The first-order chi connectivity index (χ1) is 8.81. The van der Waals surface area contributed by atoms with Gasteiger partial charge in [-0.2, -0.15) is 0 Å². The highest BCUT2D eigenvalue weighted by Crippen LogP contribution is 2.23. The van der Waals surface area contributed by atoms with E-state index in [1.54, 1.807) is 0 Å². The third-order valence-corrected chi connectivity index (χ3v) is 3.14. The van der Waals surface area contributed by atoms with Crippen LogP contribution < -0.4 is 5.73 Å². The molecule has 1 heteroatoms. The molecule has 0 spiro atoms. The Morgan fingerprint density at radius 1 is 0.944 bits per heavy atom. The van der Waals surface area contributed by atoms with Crippen LogP contribution in [0.25, 0.3) is 11.1 Å². The average molecular weight is 238 g/mol. The van der Waals surface area contributed by atoms with Gasteiger partial charge in [-0.1, -0.05) is 68.3 Å². The monoisotopic (exact) mass is 238 g/mol. The van der Waals surface area contributed by atoms with E-state index in [1.807, 2.05) is 6.07 Å². The fraction of sp³-hybridized carbons (Fsp3) is 0.235. The van der Waals surface area contributed by atoms with E-state index in [2.05, 4.69) is 55.5 Å². The van der Waals surface area contributed by atoms with Crippen molar-refractivity contribution in [3.63, 3.8) is 0 Å². The molecule has 0 aliphatic rings. The molecule has 0 heterocycles. The number of rotatable bonds is 5. The lowest BCUT2D eigenvalue weighted by Crippen LogP contribution is -2.11. The maximum Gasteiger partial charge on any atom is 0.0634 e. The number of hydrogen-bond acceptors (Lipinski definition) is 1. The van der Waals surface area contributed by atoms with Gasteiger partial charge in [-0.3, -0.25) is 0 Å². The predicted octanol–water partition coefficient (Wildman–Crippen LogP) is 4.38. The molecule has 1 radical (unpaired) electrons. The molecule has 0 aliphatic heterocycles. The Labute approximate surface area is 110 Å². The minimum absolute atomic E-state index is 0.981. The molecule has 93 valence electrons. The van der Waals surface area contributed by atoms with Crippen LogP contribution >= 0.6 is 0 Å². The molecule has 1 nitrogen and oxygen atoms in total. The second kappa shape index (κ2) is 6.36. The predicted molar refractivity (Wildman–Crippen MR) is 77.9 cm³/mol. The fourth-order valence-electron chi connectivity index (χ4n) is 2.04. The molecule has 2 N–H and O–H groups in total. The van der Waals surface area contributed by atoms with E-state index in [9.17, 15) is 0 Å². The summed E-state index contributed by atoms with van der Waals surface area (Å²) in [4.78, 5) is 0. The second-order valence-electron chi connectivity index (χ2n) is 4.58. The third-order valence-electron chi connectivity index (χ3n) is 3.14. The number of nitrogens with two attached hydrogens (primary N) is 1. The Bertz CT molecular complexity index is 476. The van der Waals surface area contributed by atoms with E-state index < -0.39 is 0 Å². The minimum Gasteiger partial charge on any atom is -0.320 e. The molecule has 18 heavy (non-hydrogen) atoms. The second-order valence-corrected chi connectivity index (χ2v) is 4.58. The van der Waals surface area contributed by atoms with Crippen LogP contribution in [0.3, 0.4) is 0 Å². The number of unbranched alkanes of at least 4 members (excludes halogenated alkanes) is 1. The largest absolute Gasteiger partial charge is 0.320 e. The van der Waals surface area contributed by atoms with Gasteiger partial charge in [-0.05, 0) is 29.2 Å². The molecule has 0 amide bonds. The van der Waals surface area contributed by atoms with Crippen molar-refractivity contribution in [2.24, 2.45) is 5.73 Å². The molecular formula is C17H20N. The van der Waals surface area contributed by atoms with E-state index in [0.29, 0.717) is 0 Å². The standard InChI is InChI=1S/C17H20N/c1-2-3-12-17(18)16-11-7-10-15(13-16)14-8-5-4-6-9-14/h4-11,13H,2-3,12,18H2,1H3. The molecule has 0 saturated carbocycles. The van der Waals surface area contributed by atoms with Crippen molar-refractivity contribution in [3.05, 3.63) is 66.2 Å². The molecule has 0 aliphatic carbocycles. The molecule has 0 fully saturated rings. The van der Waals surface area contributed by atoms with Gasteiger partial charge in [0.05, 0.1) is 6.04 Å². The Balaban J connectivity index is 2.20. The van der Waals surface area contributed by atoms with Crippen LogP contribution in [-0.4, -0.2) is 0 Å². The highest BCUT2D eigenvalue weighted by Gasteiger charge is 2.07. The highest BCUT2D eigenvalue weighted by atomic mass is 14.6. The van der Waals surface area contributed by atoms with Crippen LogP contribution in [0.2, 0.25) is 0 Å². The van der Waals surface area contributed by atoms with Gasteiger partial charge in [0.25, 0.3) is 0 Å². The van der Waals surface area contributed by atoms with Crippen molar-refractivity contribution in [1.29, 1.82) is 0 Å². The third kappa shape index (κ3) is 3.21. The molecule has 2 aromatic carbocycles. The van der Waals surface area contributed by atoms with Gasteiger partial charge in [-0.15, -0.1) is 0 Å². The zero-order chi connectivity index (χ0) is 12.8. The van der Waals surface area contributed by atoms with Crippen LogP contribution in [0.5, 0.6) is 0 Å². The van der Waals surface area contributed by atoms with Gasteiger partial charge in [0, 0.05) is 0 Å². The summed E-state index contributed by atoms with van der Waals surface area (Å²) in [6.45, 7) is 2.19. The summed E-state index contributed by atoms with van der Waals surface area (Å²) in [6.07, 6.45) is 3.31. The highest BCUT2D eigenvalue weighted by molar-refractivity contribution is 5.64. The first-order valence-electron chi connectivity index (χ1n) is 6.58. The molecule has 2 rings (SSSR count). The minimum atomic E-state index is 0.981. The van der Waals surface area contributed by atoms with Crippen molar-refractivity contribution < 1.29 is 0 Å². The zero-order valence-electron chi connectivity index (χ0n) is 10.9. The fourth-order valence-corrected chi connectivity index (χ4v) is 2.04. The lowest BCUT2D eigenvalue weighted by molar-refractivity contribution is 0.732. The van der Waals surface area contributed by atoms with Crippen LogP contribution in [0.4, 0.5) is 0 Å². The van der Waals surface area contributed by atoms with E-state index >= 15 is 0 Å². The maximum absolute atomic E-state index is 6.14. The van der Waals surface area contributed by atoms with Crippen molar-refractivity contribution in [3.8, 4) is 11.1 Å². The summed E-state index contributed by atoms with van der Waals surface area (Å²) in [6, 6.07) is 19.9. The Hall–Kier alpha value is -1.60. The Morgan fingerprint density at radius 3 is 2.39 bits per heavy atom. The molecule has 0 unspecified atom stereocenters. The van der Waals surface area contributed by atoms with Crippen LogP contribution in [0.15, 0.2) is 54.6 Å². The van der Waals surface area contributed by atoms with Crippen LogP contribution in [0, 0.1) is 6.04 Å². The first kappa shape index (κ1) is 12.8. The normalized spacial score (nSPS) is 10.8. The average Bonchev–Trinajstić information content (AvgIpc) is 2.46. The smallest absolute Gasteiger partial charge is 0.0634 e. The van der Waals surface area contributed by atoms with E-state index in [4.69, 9.17) is 5.73 Å². The molecule has 0 bridgehead atoms. The summed E-state index contributed by atoms with van der Waals surface area (Å²) >= 11 is 0. The lowest BCUT2D eigenvalue weighted by Gasteiger charge is -2.12. The summed E-state index contributed by atoms with van der Waals surface area (Å²) in [5, 5.41) is 0. The quantitative estimate of drug-likeness (QED) is 0.821. The molecular weight excluding hydrogens is 218 g/mol. The molecule has 0 saturated heterocycles. The first-order valence-corrected chi connectivity index (χ1v) is 6.58. The van der Waals surface area contributed by atoms with Gasteiger partial charge in [0.1, 0.15) is 0 Å². The van der Waals surface area contributed by atoms with Crippen LogP contribution in [-0.2, 0) is 0 Å². The van der Waals surface area contributed by atoms with E-state index in [0.717, 1.165) is 24.4 Å². The molecule has 0 aromatic heterocycles. The van der Waals surface area contributed by atoms with Gasteiger partial charge in [0.2, 0.25) is 0 Å². The van der Waals surface area contributed by atoms with E-state index in [-0.39, 0.29) is 0 Å². The topological polar surface area (TPSA) is 26.0 Å². The summed E-state index contributed by atoms with van der Waals surface area (Å²) < 4.78 is 0. The van der Waals surface area contributed by atoms with Gasteiger partial charge >= 0.3 is 0 Å². The number of hydrogen-bond donors (Lipinski definition) is 1. The summed E-state index contributed by atoms with van der Waals surface area (Å²) in [7, 11) is 0. The van der Waals surface area contributed by atoms with Gasteiger partial charge in [-0.25, -0.2) is 0 Å². The van der Waals surface area contributed by atoms with Crippen molar-refractivity contribution in [2.75, 3.05) is 0 Å². The lowest BCUT2D eigenvalue weighted by atomic mass is 9.97. The zero-order valence-corrected chi connectivity index (χ0v) is 10.9. The molecule has 0 atom stereocenters. The number of benzene rings is 2. The van der Waals surface area contributed by atoms with Gasteiger partial charge < -0.3 is 5.73 Å². The Kier molecular flexibility index (Phi) is 4.54. The van der Waals surface area contributed by atoms with Gasteiger partial charge in [0.15, 0.2) is 0 Å². The Morgan fingerprint density at radius 2 is 1.67 bits per heavy atom. The van der Waals surface area contributed by atoms with Crippen molar-refractivity contribution in [2.45, 2.75) is 26.2 Å².